The number of rotatable bonds is 4. The molecule has 0 unspecified atom stereocenters. The summed E-state index contributed by atoms with van der Waals surface area (Å²) in [5.74, 6) is -0.114. The van der Waals surface area contributed by atoms with Gasteiger partial charge in [-0.15, -0.1) is 10.2 Å². The molecule has 0 aliphatic carbocycles. The minimum Gasteiger partial charge on any atom is -0.507 e. The Hall–Kier alpha value is -3.19. The van der Waals surface area contributed by atoms with Gasteiger partial charge in [-0.25, -0.2) is 0 Å². The van der Waals surface area contributed by atoms with Crippen LogP contribution in [0, 0.1) is 0 Å². The number of H-pyrrole nitrogens is 1. The topological polar surface area (TPSA) is 100 Å². The van der Waals surface area contributed by atoms with Crippen LogP contribution in [-0.2, 0) is 15.1 Å². The quantitative estimate of drug-likeness (QED) is 0.632. The molecule has 4 rings (SSSR count). The third-order valence-electron chi connectivity index (χ3n) is 4.32. The summed E-state index contributed by atoms with van der Waals surface area (Å²) in [6, 6.07) is 10.7. The molecular formula is C18H16N4O3. The van der Waals surface area contributed by atoms with Crippen molar-refractivity contribution in [3.63, 3.8) is 0 Å². The number of nitrogens with zero attached hydrogens (tertiary/aromatic N) is 2. The fraction of sp³-hybridized carbons (Fsp3) is 0.167. The van der Waals surface area contributed by atoms with Crippen LogP contribution in [0.1, 0.15) is 5.69 Å². The zero-order valence-electron chi connectivity index (χ0n) is 13.3. The Kier molecular flexibility index (Phi) is 3.51. The highest BCUT2D eigenvalue weighted by Crippen LogP contribution is 2.33. The van der Waals surface area contributed by atoms with E-state index in [1.165, 1.54) is 6.08 Å². The fourth-order valence-electron chi connectivity index (χ4n) is 2.90. The number of hydrogen-bond donors (Lipinski definition) is 3. The first kappa shape index (κ1) is 15.3. The standard InChI is InChI=1S/C18H16N4O3/c1-2-16(24)20-18(9-25-10-18)15-8-11-7-13(21-22-17(11)19-15)12-5-3-4-6-14(12)23/h2-8,23H,1,9-10H2,(H,19,22)(H,20,24). The molecular weight excluding hydrogens is 320 g/mol. The Morgan fingerprint density at radius 2 is 2.12 bits per heavy atom. The van der Waals surface area contributed by atoms with E-state index in [1.807, 2.05) is 18.2 Å². The largest absolute Gasteiger partial charge is 0.507 e. The monoisotopic (exact) mass is 336 g/mol. The zero-order chi connectivity index (χ0) is 17.4. The second kappa shape index (κ2) is 5.71. The highest BCUT2D eigenvalue weighted by atomic mass is 16.5. The van der Waals surface area contributed by atoms with Gasteiger partial charge in [0.15, 0.2) is 5.65 Å². The van der Waals surface area contributed by atoms with E-state index in [0.29, 0.717) is 30.1 Å². The van der Waals surface area contributed by atoms with E-state index in [1.54, 1.807) is 18.2 Å². The lowest BCUT2D eigenvalue weighted by Gasteiger charge is -2.41. The Morgan fingerprint density at radius 3 is 2.80 bits per heavy atom. The molecule has 1 aromatic carbocycles. The number of carbonyl (C=O) groups is 1. The first-order chi connectivity index (χ1) is 12.1. The van der Waals surface area contributed by atoms with E-state index < -0.39 is 5.54 Å². The van der Waals surface area contributed by atoms with Gasteiger partial charge in [0.05, 0.1) is 18.9 Å². The van der Waals surface area contributed by atoms with E-state index >= 15 is 0 Å². The average Bonchev–Trinajstić information content (AvgIpc) is 3.01. The molecule has 0 saturated carbocycles. The number of fused-ring (bicyclic) bond motifs is 1. The predicted molar refractivity (Wildman–Crippen MR) is 91.8 cm³/mol. The molecule has 1 amide bonds. The van der Waals surface area contributed by atoms with Crippen LogP contribution in [0.25, 0.3) is 22.3 Å². The molecule has 2 aromatic heterocycles. The number of benzene rings is 1. The van der Waals surface area contributed by atoms with Gasteiger partial charge >= 0.3 is 0 Å². The molecule has 7 nitrogen and oxygen atoms in total. The van der Waals surface area contributed by atoms with Crippen molar-refractivity contribution >= 4 is 16.9 Å². The minimum atomic E-state index is -0.610. The molecule has 3 N–H and O–H groups in total. The predicted octanol–water partition coefficient (Wildman–Crippen LogP) is 1.86. The molecule has 1 aliphatic heterocycles. The molecule has 25 heavy (non-hydrogen) atoms. The van der Waals surface area contributed by atoms with E-state index in [0.717, 1.165) is 11.1 Å². The minimum absolute atomic E-state index is 0.147. The summed E-state index contributed by atoms with van der Waals surface area (Å²) in [7, 11) is 0. The second-order valence-corrected chi connectivity index (χ2v) is 6.00. The van der Waals surface area contributed by atoms with Crippen LogP contribution in [0.4, 0.5) is 0 Å². The summed E-state index contributed by atoms with van der Waals surface area (Å²) in [5.41, 5.74) is 1.98. The number of aromatic nitrogens is 3. The average molecular weight is 336 g/mol. The number of phenols is 1. The van der Waals surface area contributed by atoms with Gasteiger partial charge in [0, 0.05) is 16.6 Å². The molecule has 7 heteroatoms. The second-order valence-electron chi connectivity index (χ2n) is 6.00. The number of phenolic OH excluding ortho intramolecular Hbond substituents is 1. The van der Waals surface area contributed by atoms with Crippen LogP contribution in [0.5, 0.6) is 5.75 Å². The molecule has 1 saturated heterocycles. The number of carbonyl (C=O) groups excluding carboxylic acids is 1. The summed E-state index contributed by atoms with van der Waals surface area (Å²) in [4.78, 5) is 14.9. The van der Waals surface area contributed by atoms with E-state index in [2.05, 4.69) is 27.1 Å². The van der Waals surface area contributed by atoms with Crippen LogP contribution in [0.2, 0.25) is 0 Å². The lowest BCUT2D eigenvalue weighted by atomic mass is 9.93. The number of ether oxygens (including phenoxy) is 1. The lowest BCUT2D eigenvalue weighted by molar-refractivity contribution is -0.129. The first-order valence-electron chi connectivity index (χ1n) is 7.79. The molecule has 0 radical (unpaired) electrons. The summed E-state index contributed by atoms with van der Waals surface area (Å²) in [6.45, 7) is 4.23. The van der Waals surface area contributed by atoms with E-state index in [9.17, 15) is 9.90 Å². The van der Waals surface area contributed by atoms with Crippen molar-refractivity contribution in [3.05, 3.63) is 54.7 Å². The summed E-state index contributed by atoms with van der Waals surface area (Å²) in [6.07, 6.45) is 1.23. The zero-order valence-corrected chi connectivity index (χ0v) is 13.3. The Bertz CT molecular complexity index is 975. The maximum atomic E-state index is 11.7. The van der Waals surface area contributed by atoms with Crippen LogP contribution in [0.15, 0.2) is 49.1 Å². The van der Waals surface area contributed by atoms with Gasteiger partial charge in [-0.3, -0.25) is 4.79 Å². The lowest BCUT2D eigenvalue weighted by Crippen LogP contribution is -2.59. The summed E-state index contributed by atoms with van der Waals surface area (Å²) in [5, 5.41) is 22.1. The van der Waals surface area contributed by atoms with Gasteiger partial charge in [-0.05, 0) is 30.3 Å². The SMILES string of the molecule is C=CC(=O)NC1(c2cc3cc(-c4ccccc4O)nnc3[nH]2)COC1. The van der Waals surface area contributed by atoms with Crippen molar-refractivity contribution in [3.8, 4) is 17.0 Å². The number of hydrogen-bond acceptors (Lipinski definition) is 5. The third-order valence-corrected chi connectivity index (χ3v) is 4.32. The van der Waals surface area contributed by atoms with Crippen molar-refractivity contribution in [2.24, 2.45) is 0 Å². The van der Waals surface area contributed by atoms with Gasteiger partial charge in [0.1, 0.15) is 11.3 Å². The van der Waals surface area contributed by atoms with Gasteiger partial charge in [0.2, 0.25) is 5.91 Å². The number of para-hydroxylation sites is 1. The van der Waals surface area contributed by atoms with Crippen LogP contribution >= 0.6 is 0 Å². The highest BCUT2D eigenvalue weighted by Gasteiger charge is 2.43. The van der Waals surface area contributed by atoms with Crippen molar-refractivity contribution in [1.29, 1.82) is 0 Å². The molecule has 3 aromatic rings. The van der Waals surface area contributed by atoms with Gasteiger partial charge in [-0.2, -0.15) is 0 Å². The molecule has 126 valence electrons. The van der Waals surface area contributed by atoms with Crippen LogP contribution in [0.3, 0.4) is 0 Å². The Balaban J connectivity index is 1.75. The number of nitrogens with one attached hydrogen (secondary N) is 2. The maximum absolute atomic E-state index is 11.7. The van der Waals surface area contributed by atoms with Crippen molar-refractivity contribution < 1.29 is 14.6 Å². The normalized spacial score (nSPS) is 15.5. The molecule has 3 heterocycles. The summed E-state index contributed by atoms with van der Waals surface area (Å²) >= 11 is 0. The van der Waals surface area contributed by atoms with E-state index in [-0.39, 0.29) is 11.7 Å². The Labute approximate surface area is 143 Å². The summed E-state index contributed by atoms with van der Waals surface area (Å²) < 4.78 is 5.30. The van der Waals surface area contributed by atoms with Gasteiger partial charge < -0.3 is 20.1 Å². The van der Waals surface area contributed by atoms with E-state index in [4.69, 9.17) is 4.74 Å². The number of aromatic hydroxyl groups is 1. The van der Waals surface area contributed by atoms with Crippen molar-refractivity contribution in [2.45, 2.75) is 5.54 Å². The molecule has 1 fully saturated rings. The smallest absolute Gasteiger partial charge is 0.244 e. The molecule has 0 bridgehead atoms. The third kappa shape index (κ3) is 2.54. The Morgan fingerprint density at radius 1 is 1.32 bits per heavy atom. The van der Waals surface area contributed by atoms with Gasteiger partial charge in [-0.1, -0.05) is 18.7 Å². The number of amides is 1. The highest BCUT2D eigenvalue weighted by molar-refractivity contribution is 5.88. The van der Waals surface area contributed by atoms with Crippen molar-refractivity contribution in [2.75, 3.05) is 13.2 Å². The molecule has 0 spiro atoms. The van der Waals surface area contributed by atoms with Crippen molar-refractivity contribution in [1.82, 2.24) is 20.5 Å². The van der Waals surface area contributed by atoms with Crippen LogP contribution < -0.4 is 5.32 Å². The first-order valence-corrected chi connectivity index (χ1v) is 7.79. The fourth-order valence-corrected chi connectivity index (χ4v) is 2.90. The molecule has 1 aliphatic rings. The van der Waals surface area contributed by atoms with Crippen LogP contribution in [-0.4, -0.2) is 39.4 Å². The molecule has 0 atom stereocenters. The van der Waals surface area contributed by atoms with Gasteiger partial charge in [0.25, 0.3) is 0 Å². The number of aromatic amines is 1. The maximum Gasteiger partial charge on any atom is 0.244 e.